The second-order valence-electron chi connectivity index (χ2n) is 2.24. The van der Waals surface area contributed by atoms with E-state index in [0.29, 0.717) is 4.64 Å². The number of pyridine rings is 1. The maximum absolute atomic E-state index is 8.73. The molecule has 0 saturated heterocycles. The lowest BCUT2D eigenvalue weighted by molar-refractivity contribution is 0.267. The maximum Gasteiger partial charge on any atom is 0.108 e. The number of rotatable bonds is 2. The normalized spacial score (nSPS) is 12.9. The minimum absolute atomic E-state index is 0.0819. The third kappa shape index (κ3) is 1.86. The molecule has 4 heteroatoms. The summed E-state index contributed by atoms with van der Waals surface area (Å²) in [6.07, 6.45) is 1.73. The summed E-state index contributed by atoms with van der Waals surface area (Å²) in [5, 5.41) is 8.73. The van der Waals surface area contributed by atoms with E-state index in [1.165, 1.54) is 0 Å². The Morgan fingerprint density at radius 1 is 1.73 bits per heavy atom. The highest BCUT2D eigenvalue weighted by molar-refractivity contribution is 7.71. The van der Waals surface area contributed by atoms with Gasteiger partial charge in [0.25, 0.3) is 0 Å². The summed E-state index contributed by atoms with van der Waals surface area (Å²) in [7, 11) is 0. The van der Waals surface area contributed by atoms with Gasteiger partial charge < -0.3 is 15.8 Å². The van der Waals surface area contributed by atoms with Crippen molar-refractivity contribution in [1.82, 2.24) is 4.98 Å². The molecular weight excluding hydrogens is 160 g/mol. The highest BCUT2D eigenvalue weighted by Gasteiger charge is 2.04. The Morgan fingerprint density at radius 2 is 2.45 bits per heavy atom. The Kier molecular flexibility index (Phi) is 2.76. The van der Waals surface area contributed by atoms with E-state index >= 15 is 0 Å². The van der Waals surface area contributed by atoms with Crippen LogP contribution < -0.4 is 5.73 Å². The molecule has 4 N–H and O–H groups in total. The van der Waals surface area contributed by atoms with Gasteiger partial charge in [0.15, 0.2) is 0 Å². The number of hydrogen-bond donors (Lipinski definition) is 3. The summed E-state index contributed by atoms with van der Waals surface area (Å²) in [5.41, 5.74) is 6.34. The number of H-pyrrole nitrogens is 1. The maximum atomic E-state index is 8.73. The van der Waals surface area contributed by atoms with E-state index in [4.69, 9.17) is 23.1 Å². The predicted octanol–water partition coefficient (Wildman–Crippen LogP) is 0.736. The van der Waals surface area contributed by atoms with Crippen LogP contribution >= 0.6 is 12.2 Å². The highest BCUT2D eigenvalue weighted by Crippen LogP contribution is 2.08. The molecule has 0 amide bonds. The Balaban J connectivity index is 3.03. The van der Waals surface area contributed by atoms with E-state index in [0.717, 1.165) is 5.56 Å². The average molecular weight is 170 g/mol. The average Bonchev–Trinajstić information content (AvgIpc) is 2.04. The molecule has 60 valence electrons. The van der Waals surface area contributed by atoms with Crippen molar-refractivity contribution in [2.24, 2.45) is 5.73 Å². The van der Waals surface area contributed by atoms with Gasteiger partial charge >= 0.3 is 0 Å². The zero-order chi connectivity index (χ0) is 8.27. The molecule has 11 heavy (non-hydrogen) atoms. The first-order valence-electron chi connectivity index (χ1n) is 3.29. The van der Waals surface area contributed by atoms with Crippen LogP contribution in [0.3, 0.4) is 0 Å². The fourth-order valence-electron chi connectivity index (χ4n) is 0.825. The van der Waals surface area contributed by atoms with Crippen LogP contribution in [0.15, 0.2) is 18.3 Å². The van der Waals surface area contributed by atoms with E-state index in [1.54, 1.807) is 18.3 Å². The SMILES string of the molecule is N[C@@H](CO)c1ccc[nH]c1=S. The van der Waals surface area contributed by atoms with Gasteiger partial charge in [0.2, 0.25) is 0 Å². The van der Waals surface area contributed by atoms with Crippen molar-refractivity contribution >= 4 is 12.2 Å². The topological polar surface area (TPSA) is 62.0 Å². The van der Waals surface area contributed by atoms with E-state index in [2.05, 4.69) is 4.98 Å². The molecule has 0 aromatic carbocycles. The standard InChI is InChI=1S/C7H10N2OS/c8-6(4-10)5-2-1-3-9-7(5)11/h1-3,6,10H,4,8H2,(H,9,11)/t6-/m0/s1. The number of aliphatic hydroxyl groups is 1. The molecule has 1 rings (SSSR count). The summed E-state index contributed by atoms with van der Waals surface area (Å²) in [5.74, 6) is 0. The van der Waals surface area contributed by atoms with Gasteiger partial charge in [-0.2, -0.15) is 0 Å². The van der Waals surface area contributed by atoms with Gasteiger partial charge in [0.05, 0.1) is 12.6 Å². The van der Waals surface area contributed by atoms with Gasteiger partial charge in [-0.1, -0.05) is 18.3 Å². The molecular formula is C7H10N2OS. The van der Waals surface area contributed by atoms with Gasteiger partial charge in [0, 0.05) is 11.8 Å². The van der Waals surface area contributed by atoms with Gasteiger partial charge in [0.1, 0.15) is 4.64 Å². The van der Waals surface area contributed by atoms with Crippen LogP contribution in [-0.4, -0.2) is 16.7 Å². The van der Waals surface area contributed by atoms with Crippen LogP contribution in [0, 0.1) is 4.64 Å². The van der Waals surface area contributed by atoms with Crippen molar-refractivity contribution < 1.29 is 5.11 Å². The predicted molar refractivity (Wildman–Crippen MR) is 45.6 cm³/mol. The third-order valence-corrected chi connectivity index (χ3v) is 1.80. The second-order valence-corrected chi connectivity index (χ2v) is 2.65. The molecule has 0 bridgehead atoms. The van der Waals surface area contributed by atoms with Crippen molar-refractivity contribution in [3.05, 3.63) is 28.5 Å². The number of aliphatic hydroxyl groups excluding tert-OH is 1. The van der Waals surface area contributed by atoms with Crippen LogP contribution in [-0.2, 0) is 0 Å². The first kappa shape index (κ1) is 8.39. The van der Waals surface area contributed by atoms with Gasteiger partial charge in [-0.05, 0) is 6.07 Å². The van der Waals surface area contributed by atoms with Crippen molar-refractivity contribution in [3.8, 4) is 0 Å². The van der Waals surface area contributed by atoms with E-state index in [9.17, 15) is 0 Å². The number of hydrogen-bond acceptors (Lipinski definition) is 3. The molecule has 1 aromatic rings. The number of aromatic nitrogens is 1. The summed E-state index contributed by atoms with van der Waals surface area (Å²) in [6.45, 7) is -0.0819. The summed E-state index contributed by atoms with van der Waals surface area (Å²) in [6, 6.07) is 3.24. The fourth-order valence-corrected chi connectivity index (χ4v) is 1.11. The highest BCUT2D eigenvalue weighted by atomic mass is 32.1. The van der Waals surface area contributed by atoms with Gasteiger partial charge in [-0.15, -0.1) is 0 Å². The van der Waals surface area contributed by atoms with E-state index < -0.39 is 0 Å². The summed E-state index contributed by atoms with van der Waals surface area (Å²) in [4.78, 5) is 2.84. The van der Waals surface area contributed by atoms with Crippen LogP contribution in [0.4, 0.5) is 0 Å². The van der Waals surface area contributed by atoms with Crippen LogP contribution in [0.25, 0.3) is 0 Å². The lowest BCUT2D eigenvalue weighted by atomic mass is 10.1. The lowest BCUT2D eigenvalue weighted by Crippen LogP contribution is -2.15. The molecule has 0 radical (unpaired) electrons. The quantitative estimate of drug-likeness (QED) is 0.573. The minimum Gasteiger partial charge on any atom is -0.394 e. The second kappa shape index (κ2) is 3.61. The van der Waals surface area contributed by atoms with Crippen LogP contribution in [0.5, 0.6) is 0 Å². The van der Waals surface area contributed by atoms with Gasteiger partial charge in [-0.25, -0.2) is 0 Å². The number of nitrogens with two attached hydrogens (primary N) is 1. The van der Waals surface area contributed by atoms with Crippen LogP contribution in [0.2, 0.25) is 0 Å². The molecule has 0 fully saturated rings. The molecule has 1 aromatic heterocycles. The molecule has 1 heterocycles. The largest absolute Gasteiger partial charge is 0.394 e. The number of aromatic amines is 1. The smallest absolute Gasteiger partial charge is 0.108 e. The molecule has 0 spiro atoms. The van der Waals surface area contributed by atoms with E-state index in [1.807, 2.05) is 0 Å². The Hall–Kier alpha value is -0.710. The Labute approximate surface area is 69.9 Å². The first-order valence-corrected chi connectivity index (χ1v) is 3.70. The molecule has 0 aliphatic rings. The molecule has 0 aliphatic carbocycles. The third-order valence-electron chi connectivity index (χ3n) is 1.44. The molecule has 0 saturated carbocycles. The van der Waals surface area contributed by atoms with Crippen LogP contribution in [0.1, 0.15) is 11.6 Å². The number of nitrogens with one attached hydrogen (secondary N) is 1. The molecule has 1 atom stereocenters. The monoisotopic (exact) mass is 170 g/mol. The zero-order valence-corrected chi connectivity index (χ0v) is 6.77. The molecule has 3 nitrogen and oxygen atoms in total. The van der Waals surface area contributed by atoms with Crippen molar-refractivity contribution in [1.29, 1.82) is 0 Å². The van der Waals surface area contributed by atoms with E-state index in [-0.39, 0.29) is 12.6 Å². The Morgan fingerprint density at radius 3 is 3.00 bits per heavy atom. The molecule has 0 aliphatic heterocycles. The fraction of sp³-hybridized carbons (Fsp3) is 0.286. The zero-order valence-electron chi connectivity index (χ0n) is 5.95. The van der Waals surface area contributed by atoms with Crippen molar-refractivity contribution in [2.75, 3.05) is 6.61 Å². The summed E-state index contributed by atoms with van der Waals surface area (Å²) < 4.78 is 0.592. The summed E-state index contributed by atoms with van der Waals surface area (Å²) >= 11 is 4.95. The first-order chi connectivity index (χ1) is 5.25. The van der Waals surface area contributed by atoms with Gasteiger partial charge in [-0.3, -0.25) is 0 Å². The lowest BCUT2D eigenvalue weighted by Gasteiger charge is -2.06. The minimum atomic E-state index is -0.375. The van der Waals surface area contributed by atoms with Crippen molar-refractivity contribution in [2.45, 2.75) is 6.04 Å². The molecule has 0 unspecified atom stereocenters. The van der Waals surface area contributed by atoms with Crippen molar-refractivity contribution in [3.63, 3.8) is 0 Å². The Bertz CT molecular complexity index is 284.